The fraction of sp³-hybridized carbons (Fsp3) is 0.296. The van der Waals surface area contributed by atoms with Gasteiger partial charge >= 0.3 is 0 Å². The summed E-state index contributed by atoms with van der Waals surface area (Å²) in [7, 11) is 1.63. The van der Waals surface area contributed by atoms with E-state index in [2.05, 4.69) is 35.3 Å². The number of hydrogen-bond acceptors (Lipinski definition) is 4. The first-order chi connectivity index (χ1) is 16.6. The van der Waals surface area contributed by atoms with E-state index < -0.39 is 0 Å². The molecule has 1 aromatic heterocycles. The molecule has 0 bridgehead atoms. The van der Waals surface area contributed by atoms with Crippen LogP contribution < -0.4 is 5.56 Å². The number of fused-ring (bicyclic) bond motifs is 2. The maximum absolute atomic E-state index is 13.6. The van der Waals surface area contributed by atoms with Gasteiger partial charge in [-0.1, -0.05) is 42.5 Å². The summed E-state index contributed by atoms with van der Waals surface area (Å²) in [5.74, 6) is -0.0269. The lowest BCUT2D eigenvalue weighted by Gasteiger charge is -2.26. The summed E-state index contributed by atoms with van der Waals surface area (Å²) in [5.41, 5.74) is 2.18. The first kappa shape index (κ1) is 22.5. The monoisotopic (exact) mass is 473 g/mol. The van der Waals surface area contributed by atoms with E-state index in [1.807, 2.05) is 17.0 Å². The van der Waals surface area contributed by atoms with Gasteiger partial charge in [-0.3, -0.25) is 14.2 Å². The van der Waals surface area contributed by atoms with Gasteiger partial charge in [-0.05, 0) is 66.0 Å². The van der Waals surface area contributed by atoms with Crippen molar-refractivity contribution in [3.05, 3.63) is 86.9 Å². The smallest absolute Gasteiger partial charge is 0.262 e. The number of aromatic nitrogens is 2. The molecule has 1 atom stereocenters. The molecule has 1 aliphatic rings. The standard InChI is InChI=1S/C27H27N3O3S/c1-33-16-6-15-30-26(32)22-13-12-19(17-23(22)28-27(30)34)25(31)29-14-5-11-24(29)21-10-4-8-18-7-2-3-9-20(18)21/h2-4,7-10,12-13,17,24H,5-6,11,14-16H2,1H3,(H,28,34)/t24-/m1/s1. The van der Waals surface area contributed by atoms with Crippen LogP contribution in [0.1, 0.15) is 41.2 Å². The van der Waals surface area contributed by atoms with E-state index in [1.165, 1.54) is 16.3 Å². The second-order valence-corrected chi connectivity index (χ2v) is 9.11. The first-order valence-electron chi connectivity index (χ1n) is 11.6. The van der Waals surface area contributed by atoms with Gasteiger partial charge in [-0.15, -0.1) is 0 Å². The topological polar surface area (TPSA) is 67.3 Å². The number of rotatable bonds is 6. The average molecular weight is 474 g/mol. The highest BCUT2D eigenvalue weighted by Gasteiger charge is 2.31. The van der Waals surface area contributed by atoms with Crippen LogP contribution in [0.2, 0.25) is 0 Å². The van der Waals surface area contributed by atoms with Crippen molar-refractivity contribution in [1.82, 2.24) is 14.5 Å². The summed E-state index contributed by atoms with van der Waals surface area (Å²) in [6.07, 6.45) is 2.59. The second kappa shape index (κ2) is 9.52. The van der Waals surface area contributed by atoms with Gasteiger partial charge in [0.1, 0.15) is 0 Å². The van der Waals surface area contributed by atoms with Crippen LogP contribution in [-0.2, 0) is 11.3 Å². The Balaban J connectivity index is 1.48. The molecule has 4 aromatic rings. The number of amides is 1. The SMILES string of the molecule is COCCCn1c(=S)[nH]c2cc(C(=O)N3CCC[C@@H]3c3cccc4ccccc34)ccc2c1=O. The summed E-state index contributed by atoms with van der Waals surface area (Å²) in [5, 5.41) is 2.89. The molecule has 0 unspecified atom stereocenters. The molecule has 1 N–H and O–H groups in total. The normalized spacial score (nSPS) is 15.9. The molecule has 34 heavy (non-hydrogen) atoms. The molecular formula is C27H27N3O3S. The Morgan fingerprint density at radius 1 is 1.12 bits per heavy atom. The van der Waals surface area contributed by atoms with E-state index in [4.69, 9.17) is 17.0 Å². The van der Waals surface area contributed by atoms with E-state index in [-0.39, 0.29) is 17.5 Å². The molecule has 174 valence electrons. The van der Waals surface area contributed by atoms with Crippen molar-refractivity contribution < 1.29 is 9.53 Å². The minimum absolute atomic E-state index is 0.0269. The molecule has 0 aliphatic carbocycles. The molecule has 1 fully saturated rings. The lowest BCUT2D eigenvalue weighted by Crippen LogP contribution is -2.31. The highest BCUT2D eigenvalue weighted by Crippen LogP contribution is 2.37. The Bertz CT molecular complexity index is 1490. The van der Waals surface area contributed by atoms with Crippen molar-refractivity contribution in [2.75, 3.05) is 20.3 Å². The van der Waals surface area contributed by atoms with Gasteiger partial charge in [0.15, 0.2) is 4.77 Å². The molecule has 0 radical (unpaired) electrons. The number of likely N-dealkylation sites (tertiary alicyclic amines) is 1. The molecule has 1 saturated heterocycles. The number of hydrogen-bond donors (Lipinski definition) is 1. The summed E-state index contributed by atoms with van der Waals surface area (Å²) >= 11 is 5.43. The summed E-state index contributed by atoms with van der Waals surface area (Å²) < 4.78 is 6.99. The second-order valence-electron chi connectivity index (χ2n) is 8.72. The van der Waals surface area contributed by atoms with Gasteiger partial charge in [-0.2, -0.15) is 0 Å². The lowest BCUT2D eigenvalue weighted by molar-refractivity contribution is 0.0736. The van der Waals surface area contributed by atoms with E-state index in [1.54, 1.807) is 29.9 Å². The van der Waals surface area contributed by atoms with Crippen LogP contribution >= 0.6 is 12.2 Å². The minimum Gasteiger partial charge on any atom is -0.385 e. The Kier molecular flexibility index (Phi) is 6.30. The molecule has 0 saturated carbocycles. The third-order valence-electron chi connectivity index (χ3n) is 6.66. The van der Waals surface area contributed by atoms with Crippen molar-refractivity contribution in [1.29, 1.82) is 0 Å². The number of ether oxygens (including phenoxy) is 1. The average Bonchev–Trinajstić information content (AvgIpc) is 3.34. The zero-order chi connectivity index (χ0) is 23.7. The number of carbonyl (C=O) groups is 1. The third-order valence-corrected chi connectivity index (χ3v) is 6.98. The van der Waals surface area contributed by atoms with Crippen LogP contribution in [-0.4, -0.2) is 40.6 Å². The number of nitrogens with zero attached hydrogens (tertiary/aromatic N) is 2. The molecule has 0 spiro atoms. The van der Waals surface area contributed by atoms with Gasteiger partial charge in [0.25, 0.3) is 11.5 Å². The number of carbonyl (C=O) groups excluding carboxylic acids is 1. The number of nitrogens with one attached hydrogen (secondary N) is 1. The van der Waals surface area contributed by atoms with Crippen LogP contribution in [0, 0.1) is 4.77 Å². The molecule has 3 aromatic carbocycles. The molecule has 7 heteroatoms. The van der Waals surface area contributed by atoms with Crippen molar-refractivity contribution >= 4 is 39.8 Å². The zero-order valence-electron chi connectivity index (χ0n) is 19.1. The van der Waals surface area contributed by atoms with E-state index in [0.717, 1.165) is 12.8 Å². The van der Waals surface area contributed by atoms with Crippen molar-refractivity contribution in [3.63, 3.8) is 0 Å². The van der Waals surface area contributed by atoms with Crippen molar-refractivity contribution in [2.45, 2.75) is 31.8 Å². The number of benzene rings is 3. The largest absolute Gasteiger partial charge is 0.385 e. The molecule has 5 rings (SSSR count). The molecular weight excluding hydrogens is 446 g/mol. The highest BCUT2D eigenvalue weighted by molar-refractivity contribution is 7.71. The number of aromatic amines is 1. The predicted molar refractivity (Wildman–Crippen MR) is 137 cm³/mol. The van der Waals surface area contributed by atoms with Gasteiger partial charge < -0.3 is 14.6 Å². The van der Waals surface area contributed by atoms with Crippen LogP contribution in [0.25, 0.3) is 21.7 Å². The van der Waals surface area contributed by atoms with Gasteiger partial charge in [0.05, 0.1) is 16.9 Å². The summed E-state index contributed by atoms with van der Waals surface area (Å²) in [4.78, 5) is 31.7. The first-order valence-corrected chi connectivity index (χ1v) is 12.0. The van der Waals surface area contributed by atoms with Crippen LogP contribution in [0.5, 0.6) is 0 Å². The maximum atomic E-state index is 13.6. The van der Waals surface area contributed by atoms with Gasteiger partial charge in [0.2, 0.25) is 0 Å². The van der Waals surface area contributed by atoms with E-state index in [9.17, 15) is 9.59 Å². The quantitative estimate of drug-likeness (QED) is 0.308. The Morgan fingerprint density at radius 3 is 2.79 bits per heavy atom. The zero-order valence-corrected chi connectivity index (χ0v) is 19.9. The molecule has 2 heterocycles. The Hall–Kier alpha value is -3.29. The fourth-order valence-electron chi connectivity index (χ4n) is 5.00. The van der Waals surface area contributed by atoms with Crippen molar-refractivity contribution in [2.24, 2.45) is 0 Å². The van der Waals surface area contributed by atoms with Crippen LogP contribution in [0.3, 0.4) is 0 Å². The third kappa shape index (κ3) is 4.06. The number of methoxy groups -OCH3 is 1. The van der Waals surface area contributed by atoms with Crippen LogP contribution in [0.15, 0.2) is 65.5 Å². The van der Waals surface area contributed by atoms with Crippen molar-refractivity contribution in [3.8, 4) is 0 Å². The van der Waals surface area contributed by atoms with Gasteiger partial charge in [0, 0.05) is 32.4 Å². The van der Waals surface area contributed by atoms with E-state index in [0.29, 0.717) is 47.4 Å². The van der Waals surface area contributed by atoms with E-state index >= 15 is 0 Å². The molecule has 1 amide bonds. The highest BCUT2D eigenvalue weighted by atomic mass is 32.1. The molecule has 1 aliphatic heterocycles. The Morgan fingerprint density at radius 2 is 1.94 bits per heavy atom. The van der Waals surface area contributed by atoms with Crippen LogP contribution in [0.4, 0.5) is 0 Å². The number of H-pyrrole nitrogens is 1. The van der Waals surface area contributed by atoms with Gasteiger partial charge in [-0.25, -0.2) is 0 Å². The lowest BCUT2D eigenvalue weighted by atomic mass is 9.97. The summed E-state index contributed by atoms with van der Waals surface area (Å²) in [6, 6.07) is 19.9. The Labute approximate surface area is 202 Å². The maximum Gasteiger partial charge on any atom is 0.262 e. The minimum atomic E-state index is -0.149. The fourth-order valence-corrected chi connectivity index (χ4v) is 5.28. The molecule has 6 nitrogen and oxygen atoms in total. The predicted octanol–water partition coefficient (Wildman–Crippen LogP) is 5.23. The summed E-state index contributed by atoms with van der Waals surface area (Å²) in [6.45, 7) is 1.75.